The SMILES string of the molecule is ClCc1nc2cnc3ccccc3c2n1C1CC1. The molecule has 1 aliphatic carbocycles. The number of benzene rings is 1. The molecular formula is C14H12ClN3. The monoisotopic (exact) mass is 257 g/mol. The van der Waals surface area contributed by atoms with Crippen LogP contribution in [-0.4, -0.2) is 14.5 Å². The predicted molar refractivity (Wildman–Crippen MR) is 72.9 cm³/mol. The van der Waals surface area contributed by atoms with Crippen molar-refractivity contribution in [1.82, 2.24) is 14.5 Å². The van der Waals surface area contributed by atoms with Crippen molar-refractivity contribution >= 4 is 33.5 Å². The van der Waals surface area contributed by atoms with Crippen molar-refractivity contribution in [2.75, 3.05) is 0 Å². The van der Waals surface area contributed by atoms with Crippen LogP contribution in [0.1, 0.15) is 24.7 Å². The molecule has 1 aromatic carbocycles. The quantitative estimate of drug-likeness (QED) is 0.656. The summed E-state index contributed by atoms with van der Waals surface area (Å²) in [5, 5.41) is 1.17. The zero-order chi connectivity index (χ0) is 12.1. The summed E-state index contributed by atoms with van der Waals surface area (Å²) < 4.78 is 2.31. The van der Waals surface area contributed by atoms with Crippen molar-refractivity contribution in [3.63, 3.8) is 0 Å². The van der Waals surface area contributed by atoms with Crippen molar-refractivity contribution in [3.8, 4) is 0 Å². The Balaban J connectivity index is 2.18. The van der Waals surface area contributed by atoms with Crippen LogP contribution in [0.4, 0.5) is 0 Å². The highest BCUT2D eigenvalue weighted by molar-refractivity contribution is 6.17. The zero-order valence-electron chi connectivity index (χ0n) is 9.81. The molecule has 0 bridgehead atoms. The smallest absolute Gasteiger partial charge is 0.125 e. The number of imidazole rings is 1. The fraction of sp³-hybridized carbons (Fsp3) is 0.286. The molecule has 0 saturated heterocycles. The van der Waals surface area contributed by atoms with Crippen LogP contribution in [0, 0.1) is 0 Å². The van der Waals surface area contributed by atoms with Crippen LogP contribution < -0.4 is 0 Å². The molecule has 2 aromatic heterocycles. The average molecular weight is 258 g/mol. The summed E-state index contributed by atoms with van der Waals surface area (Å²) >= 11 is 6.02. The lowest BCUT2D eigenvalue weighted by Crippen LogP contribution is -1.99. The summed E-state index contributed by atoms with van der Waals surface area (Å²) in [5.41, 5.74) is 3.17. The number of aromatic nitrogens is 3. The van der Waals surface area contributed by atoms with E-state index in [4.69, 9.17) is 11.6 Å². The van der Waals surface area contributed by atoms with Gasteiger partial charge in [0.2, 0.25) is 0 Å². The molecule has 2 heterocycles. The lowest BCUT2D eigenvalue weighted by molar-refractivity contribution is 0.729. The predicted octanol–water partition coefficient (Wildman–Crippen LogP) is 3.66. The first-order valence-corrected chi connectivity index (χ1v) is 6.72. The van der Waals surface area contributed by atoms with Crippen molar-refractivity contribution in [3.05, 3.63) is 36.3 Å². The van der Waals surface area contributed by atoms with Crippen LogP contribution in [0.15, 0.2) is 30.5 Å². The Bertz CT molecular complexity index is 743. The van der Waals surface area contributed by atoms with E-state index in [1.807, 2.05) is 24.4 Å². The number of fused-ring (bicyclic) bond motifs is 3. The number of hydrogen-bond acceptors (Lipinski definition) is 2. The van der Waals surface area contributed by atoms with E-state index in [0.29, 0.717) is 11.9 Å². The molecule has 0 aliphatic heterocycles. The highest BCUT2D eigenvalue weighted by Crippen LogP contribution is 2.40. The maximum absolute atomic E-state index is 6.02. The van der Waals surface area contributed by atoms with E-state index < -0.39 is 0 Å². The molecular weight excluding hydrogens is 246 g/mol. The molecule has 0 spiro atoms. The molecule has 0 N–H and O–H groups in total. The molecule has 3 nitrogen and oxygen atoms in total. The minimum atomic E-state index is 0.458. The normalized spacial score (nSPS) is 15.6. The van der Waals surface area contributed by atoms with Crippen molar-refractivity contribution < 1.29 is 0 Å². The van der Waals surface area contributed by atoms with Gasteiger partial charge in [-0.15, -0.1) is 11.6 Å². The van der Waals surface area contributed by atoms with E-state index in [1.54, 1.807) is 0 Å². The third kappa shape index (κ3) is 1.37. The molecule has 4 rings (SSSR count). The Morgan fingerprint density at radius 3 is 2.83 bits per heavy atom. The molecule has 3 aromatic rings. The summed E-state index contributed by atoms with van der Waals surface area (Å²) in [4.78, 5) is 9.07. The average Bonchev–Trinajstić information content (AvgIpc) is 3.18. The number of rotatable bonds is 2. The lowest BCUT2D eigenvalue weighted by Gasteiger charge is -2.07. The fourth-order valence-electron chi connectivity index (χ4n) is 2.59. The van der Waals surface area contributed by atoms with Crippen molar-refractivity contribution in [2.45, 2.75) is 24.8 Å². The van der Waals surface area contributed by atoms with Crippen LogP contribution in [-0.2, 0) is 5.88 Å². The Labute approximate surface area is 109 Å². The molecule has 0 unspecified atom stereocenters. The Kier molecular flexibility index (Phi) is 2.12. The summed E-state index contributed by atoms with van der Waals surface area (Å²) in [6.45, 7) is 0. The van der Waals surface area contributed by atoms with E-state index in [2.05, 4.69) is 20.6 Å². The second-order valence-corrected chi connectivity index (χ2v) is 5.04. The van der Waals surface area contributed by atoms with Crippen LogP contribution >= 0.6 is 11.6 Å². The van der Waals surface area contributed by atoms with Gasteiger partial charge in [-0.2, -0.15) is 0 Å². The van der Waals surface area contributed by atoms with E-state index in [0.717, 1.165) is 16.9 Å². The van der Waals surface area contributed by atoms with Gasteiger partial charge in [0.15, 0.2) is 0 Å². The minimum absolute atomic E-state index is 0.458. The number of para-hydroxylation sites is 1. The van der Waals surface area contributed by atoms with Gasteiger partial charge in [-0.05, 0) is 18.9 Å². The van der Waals surface area contributed by atoms with E-state index in [9.17, 15) is 0 Å². The number of alkyl halides is 1. The third-order valence-electron chi connectivity index (χ3n) is 3.53. The summed E-state index contributed by atoms with van der Waals surface area (Å²) in [6.07, 6.45) is 4.31. The first-order chi connectivity index (χ1) is 8.88. The number of pyridine rings is 1. The Hall–Kier alpha value is -1.61. The largest absolute Gasteiger partial charge is 0.323 e. The zero-order valence-corrected chi connectivity index (χ0v) is 10.6. The van der Waals surface area contributed by atoms with Gasteiger partial charge in [-0.25, -0.2) is 4.98 Å². The second kappa shape index (κ2) is 3.69. The van der Waals surface area contributed by atoms with Gasteiger partial charge in [0, 0.05) is 11.4 Å². The second-order valence-electron chi connectivity index (χ2n) is 4.77. The number of halogens is 1. The molecule has 1 aliphatic rings. The lowest BCUT2D eigenvalue weighted by atomic mass is 10.2. The van der Waals surface area contributed by atoms with Gasteiger partial charge in [-0.1, -0.05) is 18.2 Å². The topological polar surface area (TPSA) is 30.7 Å². The number of hydrogen-bond donors (Lipinski definition) is 0. The maximum Gasteiger partial charge on any atom is 0.125 e. The molecule has 4 heteroatoms. The summed E-state index contributed by atoms with van der Waals surface area (Å²) in [7, 11) is 0. The Morgan fingerprint density at radius 1 is 1.22 bits per heavy atom. The van der Waals surface area contributed by atoms with Gasteiger partial charge >= 0.3 is 0 Å². The molecule has 1 saturated carbocycles. The highest BCUT2D eigenvalue weighted by atomic mass is 35.5. The van der Waals surface area contributed by atoms with Crippen molar-refractivity contribution in [2.24, 2.45) is 0 Å². The van der Waals surface area contributed by atoms with E-state index in [-0.39, 0.29) is 0 Å². The van der Waals surface area contributed by atoms with Crippen LogP contribution in [0.25, 0.3) is 21.9 Å². The van der Waals surface area contributed by atoms with Crippen LogP contribution in [0.3, 0.4) is 0 Å². The highest BCUT2D eigenvalue weighted by Gasteiger charge is 2.28. The first kappa shape index (κ1) is 10.3. The van der Waals surface area contributed by atoms with Gasteiger partial charge in [0.1, 0.15) is 11.3 Å². The third-order valence-corrected chi connectivity index (χ3v) is 3.77. The molecule has 18 heavy (non-hydrogen) atoms. The van der Waals surface area contributed by atoms with Gasteiger partial charge < -0.3 is 4.57 Å². The fourth-order valence-corrected chi connectivity index (χ4v) is 2.78. The maximum atomic E-state index is 6.02. The van der Waals surface area contributed by atoms with E-state index in [1.165, 1.54) is 23.7 Å². The molecule has 1 fully saturated rings. The van der Waals surface area contributed by atoms with Crippen LogP contribution in [0.5, 0.6) is 0 Å². The molecule has 90 valence electrons. The Morgan fingerprint density at radius 2 is 2.06 bits per heavy atom. The molecule has 0 amide bonds. The van der Waals surface area contributed by atoms with Crippen LogP contribution in [0.2, 0.25) is 0 Å². The molecule has 0 radical (unpaired) electrons. The van der Waals surface area contributed by atoms with Crippen molar-refractivity contribution in [1.29, 1.82) is 0 Å². The summed E-state index contributed by atoms with van der Waals surface area (Å²) in [5.74, 6) is 1.42. The van der Waals surface area contributed by atoms with Gasteiger partial charge in [0.05, 0.1) is 23.1 Å². The molecule has 0 atom stereocenters. The van der Waals surface area contributed by atoms with Gasteiger partial charge in [-0.3, -0.25) is 4.98 Å². The summed E-state index contributed by atoms with van der Waals surface area (Å²) in [6, 6.07) is 8.80. The van der Waals surface area contributed by atoms with Gasteiger partial charge in [0.25, 0.3) is 0 Å². The standard InChI is InChI=1S/C14H12ClN3/c15-7-13-17-12-8-16-11-4-2-1-3-10(11)14(12)18(13)9-5-6-9/h1-4,8-9H,5-7H2. The van der Waals surface area contributed by atoms with E-state index >= 15 is 0 Å². The number of nitrogens with zero attached hydrogens (tertiary/aromatic N) is 3. The first-order valence-electron chi connectivity index (χ1n) is 6.19. The minimum Gasteiger partial charge on any atom is -0.323 e.